The maximum atomic E-state index is 10.5. The fourth-order valence-electron chi connectivity index (χ4n) is 1.50. The number of non-ortho nitro benzene ring substituents is 1. The van der Waals surface area contributed by atoms with Crippen LogP contribution in [-0.4, -0.2) is 11.5 Å². The number of nitrogens with two attached hydrogens (primary N) is 1. The van der Waals surface area contributed by atoms with Gasteiger partial charge in [-0.15, -0.1) is 12.4 Å². The number of nitrogens with one attached hydrogen (secondary N) is 1. The smallest absolute Gasteiger partial charge is 0.269 e. The van der Waals surface area contributed by atoms with Gasteiger partial charge in [-0.2, -0.15) is 0 Å². The minimum Gasteiger partial charge on any atom is -0.523 e. The van der Waals surface area contributed by atoms with Gasteiger partial charge in [0.25, 0.3) is 5.69 Å². The molecule has 1 heterocycles. The fraction of sp³-hybridized carbons (Fsp3) is 0.200. The van der Waals surface area contributed by atoms with Crippen LogP contribution in [0, 0.1) is 10.1 Å². The molecule has 98 valence electrons. The van der Waals surface area contributed by atoms with Gasteiger partial charge in [0.05, 0.1) is 11.5 Å². The third kappa shape index (κ3) is 3.59. The van der Waals surface area contributed by atoms with E-state index in [-0.39, 0.29) is 18.1 Å². The van der Waals surface area contributed by atoms with Crippen LogP contribution in [-0.2, 0) is 11.3 Å². The van der Waals surface area contributed by atoms with Crippen molar-refractivity contribution >= 4 is 18.1 Å². The highest BCUT2D eigenvalue weighted by molar-refractivity contribution is 5.85. The molecule has 18 heavy (non-hydrogen) atoms. The van der Waals surface area contributed by atoms with Crippen molar-refractivity contribution in [2.75, 3.05) is 6.54 Å². The molecular weight excluding hydrogens is 260 g/mol. The van der Waals surface area contributed by atoms with E-state index in [2.05, 4.69) is 5.59 Å². The summed E-state index contributed by atoms with van der Waals surface area (Å²) in [5.41, 5.74) is 10.3. The number of nitro groups is 1. The number of hydrogen-bond acceptors (Lipinski definition) is 4. The normalized spacial score (nSPS) is 17.6. The first-order chi connectivity index (χ1) is 8.15. The Morgan fingerprint density at radius 1 is 1.39 bits per heavy atom. The standard InChI is InChI=1S/C10H12N4O3.ClH/c11-10-7-13(12-17-10)6-5-8-1-3-9(4-2-8)14(15)16;/h1-4,7,13H,5-6,11H2;1H. The molecule has 2 rings (SSSR count). The lowest BCUT2D eigenvalue weighted by atomic mass is 10.1. The maximum Gasteiger partial charge on any atom is 0.269 e. The van der Waals surface area contributed by atoms with Crippen LogP contribution >= 0.6 is 12.4 Å². The zero-order valence-corrected chi connectivity index (χ0v) is 10.2. The number of hydrogen-bond donors (Lipinski definition) is 2. The average Bonchev–Trinajstić information content (AvgIpc) is 2.73. The van der Waals surface area contributed by atoms with Crippen LogP contribution in [0.1, 0.15) is 5.56 Å². The SMILES string of the molecule is Cl.NC1=C[NH+](CCc2ccc([N+](=O)[O-])cc2)[N-]O1. The van der Waals surface area contributed by atoms with Crippen LogP contribution < -0.4 is 10.7 Å². The Hall–Kier alpha value is -1.83. The summed E-state index contributed by atoms with van der Waals surface area (Å²) >= 11 is 0. The van der Waals surface area contributed by atoms with Crippen LogP contribution in [0.15, 0.2) is 36.3 Å². The van der Waals surface area contributed by atoms with Crippen molar-refractivity contribution in [1.82, 2.24) is 0 Å². The number of halogens is 1. The molecule has 0 saturated carbocycles. The van der Waals surface area contributed by atoms with Crippen molar-refractivity contribution in [2.45, 2.75) is 6.42 Å². The van der Waals surface area contributed by atoms with Crippen molar-refractivity contribution in [1.29, 1.82) is 0 Å². The highest BCUT2D eigenvalue weighted by Crippen LogP contribution is 2.11. The van der Waals surface area contributed by atoms with Gasteiger partial charge < -0.3 is 15.6 Å². The summed E-state index contributed by atoms with van der Waals surface area (Å²) in [4.78, 5) is 14.8. The maximum absolute atomic E-state index is 10.5. The highest BCUT2D eigenvalue weighted by atomic mass is 35.5. The van der Waals surface area contributed by atoms with E-state index < -0.39 is 4.92 Å². The molecule has 0 spiro atoms. The Kier molecular flexibility index (Phi) is 4.90. The van der Waals surface area contributed by atoms with Crippen LogP contribution in [0.4, 0.5) is 5.69 Å². The predicted molar refractivity (Wildman–Crippen MR) is 66.6 cm³/mol. The lowest BCUT2D eigenvalue weighted by Gasteiger charge is -2.19. The first kappa shape index (κ1) is 14.2. The van der Waals surface area contributed by atoms with Crippen LogP contribution in [0.5, 0.6) is 0 Å². The zero-order chi connectivity index (χ0) is 12.3. The summed E-state index contributed by atoms with van der Waals surface area (Å²) in [6.45, 7) is 0.693. The second-order valence-corrected chi connectivity index (χ2v) is 3.64. The third-order valence-corrected chi connectivity index (χ3v) is 2.39. The molecule has 1 unspecified atom stereocenters. The average molecular weight is 273 g/mol. The molecular formula is C10H13ClN4O3. The van der Waals surface area contributed by atoms with E-state index >= 15 is 0 Å². The quantitative estimate of drug-likeness (QED) is 0.614. The minimum atomic E-state index is -0.415. The van der Waals surface area contributed by atoms with E-state index in [0.717, 1.165) is 17.0 Å². The lowest BCUT2D eigenvalue weighted by Crippen LogP contribution is -3.02. The van der Waals surface area contributed by atoms with E-state index in [0.29, 0.717) is 12.4 Å². The molecule has 7 nitrogen and oxygen atoms in total. The molecule has 8 heteroatoms. The molecule has 0 fully saturated rings. The molecule has 0 saturated heterocycles. The third-order valence-electron chi connectivity index (χ3n) is 2.39. The topological polar surface area (TPSA) is 96.9 Å². The summed E-state index contributed by atoms with van der Waals surface area (Å²) < 4.78 is 0. The molecule has 1 aromatic rings. The molecule has 1 aliphatic rings. The number of rotatable bonds is 4. The van der Waals surface area contributed by atoms with Gasteiger partial charge in [-0.05, 0) is 5.56 Å². The second kappa shape index (κ2) is 6.20. The van der Waals surface area contributed by atoms with Crippen molar-refractivity contribution in [2.24, 2.45) is 5.73 Å². The number of nitro benzene ring substituents is 1. The van der Waals surface area contributed by atoms with E-state index in [1.54, 1.807) is 18.3 Å². The molecule has 1 aromatic carbocycles. The van der Waals surface area contributed by atoms with E-state index in [1.165, 1.54) is 12.1 Å². The van der Waals surface area contributed by atoms with Gasteiger partial charge >= 0.3 is 0 Å². The molecule has 3 N–H and O–H groups in total. The largest absolute Gasteiger partial charge is 0.523 e. The van der Waals surface area contributed by atoms with E-state index in [1.807, 2.05) is 0 Å². The second-order valence-electron chi connectivity index (χ2n) is 3.64. The Morgan fingerprint density at radius 2 is 2.06 bits per heavy atom. The van der Waals surface area contributed by atoms with Gasteiger partial charge in [-0.25, -0.2) is 0 Å². The summed E-state index contributed by atoms with van der Waals surface area (Å²) in [6.07, 6.45) is 2.41. The van der Waals surface area contributed by atoms with Crippen molar-refractivity contribution in [3.05, 3.63) is 57.6 Å². The van der Waals surface area contributed by atoms with E-state index in [4.69, 9.17) is 10.6 Å². The molecule has 0 aromatic heterocycles. The summed E-state index contributed by atoms with van der Waals surface area (Å²) in [7, 11) is 0. The summed E-state index contributed by atoms with van der Waals surface area (Å²) in [6, 6.07) is 6.46. The first-order valence-corrected chi connectivity index (χ1v) is 5.09. The Balaban J connectivity index is 0.00000162. The molecule has 0 bridgehead atoms. The molecule has 0 radical (unpaired) electrons. The van der Waals surface area contributed by atoms with Crippen molar-refractivity contribution in [3.8, 4) is 0 Å². The Morgan fingerprint density at radius 3 is 2.56 bits per heavy atom. The Bertz CT molecular complexity index is 449. The van der Waals surface area contributed by atoms with Crippen LogP contribution in [0.25, 0.3) is 5.59 Å². The summed E-state index contributed by atoms with van der Waals surface area (Å²) in [5.74, 6) is 0.295. The summed E-state index contributed by atoms with van der Waals surface area (Å²) in [5, 5.41) is 11.2. The van der Waals surface area contributed by atoms with Crippen LogP contribution in [0.2, 0.25) is 0 Å². The predicted octanol–water partition coefficient (Wildman–Crippen LogP) is 0.435. The van der Waals surface area contributed by atoms with Crippen LogP contribution in [0.3, 0.4) is 0 Å². The number of quaternary nitrogens is 1. The van der Waals surface area contributed by atoms with Gasteiger partial charge in [0.15, 0.2) is 0 Å². The van der Waals surface area contributed by atoms with Gasteiger partial charge in [-0.3, -0.25) is 15.7 Å². The zero-order valence-electron chi connectivity index (χ0n) is 9.41. The fourth-order valence-corrected chi connectivity index (χ4v) is 1.50. The van der Waals surface area contributed by atoms with Gasteiger partial charge in [-0.1, -0.05) is 12.1 Å². The molecule has 0 amide bonds. The van der Waals surface area contributed by atoms with Gasteiger partial charge in [0, 0.05) is 18.6 Å². The molecule has 1 atom stereocenters. The molecule has 1 aliphatic heterocycles. The van der Waals surface area contributed by atoms with Crippen molar-refractivity contribution in [3.63, 3.8) is 0 Å². The lowest BCUT2D eigenvalue weighted by molar-refractivity contribution is -0.814. The number of benzene rings is 1. The Labute approximate surface area is 110 Å². The molecule has 0 aliphatic carbocycles. The first-order valence-electron chi connectivity index (χ1n) is 5.09. The highest BCUT2D eigenvalue weighted by Gasteiger charge is 2.08. The van der Waals surface area contributed by atoms with Crippen molar-refractivity contribution < 1.29 is 14.8 Å². The van der Waals surface area contributed by atoms with Gasteiger partial charge in [0.1, 0.15) is 6.20 Å². The number of nitrogens with zero attached hydrogens (tertiary/aromatic N) is 2. The van der Waals surface area contributed by atoms with E-state index in [9.17, 15) is 10.1 Å². The monoisotopic (exact) mass is 272 g/mol. The van der Waals surface area contributed by atoms with Gasteiger partial charge in [0.2, 0.25) is 5.88 Å². The minimum absolute atomic E-state index is 0.